The highest BCUT2D eigenvalue weighted by Gasteiger charge is 2.35. The molecule has 0 saturated heterocycles. The van der Waals surface area contributed by atoms with E-state index in [4.69, 9.17) is 16.3 Å². The molecule has 4 aromatic carbocycles. The number of thiophene rings is 1. The van der Waals surface area contributed by atoms with E-state index in [-0.39, 0.29) is 19.3 Å². The van der Waals surface area contributed by atoms with Crippen LogP contribution in [-0.4, -0.2) is 65.5 Å². The van der Waals surface area contributed by atoms with Crippen molar-refractivity contribution in [3.05, 3.63) is 147 Å². The van der Waals surface area contributed by atoms with Crippen molar-refractivity contribution in [1.82, 2.24) is 21.3 Å². The normalized spacial score (nSPS) is 20.2. The molecule has 2 bridgehead atoms. The van der Waals surface area contributed by atoms with E-state index < -0.39 is 66.3 Å². The number of nitrogens with one attached hydrogen (secondary N) is 4. The molecule has 1 aromatic heterocycles. The molecule has 288 valence electrons. The zero-order valence-electron chi connectivity index (χ0n) is 30.4. The molecule has 13 heteroatoms. The number of aliphatic carboxylic acids is 1. The third kappa shape index (κ3) is 10.6. The number of hydrogen-bond acceptors (Lipinski definition) is 7. The van der Waals surface area contributed by atoms with Crippen molar-refractivity contribution in [2.75, 3.05) is 6.61 Å². The highest BCUT2D eigenvalue weighted by Crippen LogP contribution is 2.26. The van der Waals surface area contributed by atoms with Gasteiger partial charge in [0.2, 0.25) is 17.7 Å². The molecular weight excluding hydrogens is 752 g/mol. The molecule has 5 aromatic rings. The molecule has 0 saturated carbocycles. The summed E-state index contributed by atoms with van der Waals surface area (Å²) in [6.45, 7) is 1.39. The van der Waals surface area contributed by atoms with Gasteiger partial charge in [0.05, 0.1) is 0 Å². The van der Waals surface area contributed by atoms with Crippen LogP contribution in [-0.2, 0) is 43.2 Å². The van der Waals surface area contributed by atoms with Gasteiger partial charge in [-0.3, -0.25) is 19.2 Å². The van der Waals surface area contributed by atoms with E-state index in [0.717, 1.165) is 21.6 Å². The van der Waals surface area contributed by atoms with Gasteiger partial charge in [-0.15, -0.1) is 11.3 Å². The minimum absolute atomic E-state index is 0.0404. The molecule has 0 radical (unpaired) electrons. The summed E-state index contributed by atoms with van der Waals surface area (Å²) in [7, 11) is 0. The zero-order chi connectivity index (χ0) is 39.6. The molecule has 3 heterocycles. The van der Waals surface area contributed by atoms with Crippen molar-refractivity contribution in [3.63, 3.8) is 0 Å². The lowest BCUT2D eigenvalue weighted by atomic mass is 9.90. The van der Waals surface area contributed by atoms with Crippen molar-refractivity contribution in [2.45, 2.75) is 56.3 Å². The Morgan fingerprint density at radius 2 is 1.39 bits per heavy atom. The molecule has 5 N–H and O–H groups in total. The van der Waals surface area contributed by atoms with Crippen LogP contribution in [0.4, 0.5) is 0 Å². The van der Waals surface area contributed by atoms with Crippen LogP contribution in [0.15, 0.2) is 121 Å². The molecule has 7 rings (SSSR count). The maximum atomic E-state index is 14.5. The van der Waals surface area contributed by atoms with Crippen molar-refractivity contribution in [1.29, 1.82) is 0 Å². The number of benzene rings is 4. The van der Waals surface area contributed by atoms with E-state index in [2.05, 4.69) is 21.3 Å². The SMILES string of the molecule is CC(c1ccc(-c2ccc(Cl)cc2)cc1)C1NC(=O)C(Cc2cccs2)NC(=O)COc2ccc(cc2)CC(C(=O)O)NC(=O)C(Cc2ccccc2)NC1=O. The van der Waals surface area contributed by atoms with Gasteiger partial charge < -0.3 is 31.1 Å². The maximum Gasteiger partial charge on any atom is 0.326 e. The summed E-state index contributed by atoms with van der Waals surface area (Å²) in [6.07, 6.45) is 0.136. The average Bonchev–Trinajstić information content (AvgIpc) is 3.72. The van der Waals surface area contributed by atoms with Gasteiger partial charge in [0.1, 0.15) is 29.9 Å². The second-order valence-electron chi connectivity index (χ2n) is 13.6. The fourth-order valence-electron chi connectivity index (χ4n) is 6.46. The lowest BCUT2D eigenvalue weighted by Gasteiger charge is -2.29. The number of carbonyl (C=O) groups is 5. The topological polar surface area (TPSA) is 163 Å². The Balaban J connectivity index is 1.36. The van der Waals surface area contributed by atoms with E-state index in [1.165, 1.54) is 11.3 Å². The van der Waals surface area contributed by atoms with Crippen molar-refractivity contribution in [3.8, 4) is 16.9 Å². The Labute approximate surface area is 333 Å². The maximum absolute atomic E-state index is 14.5. The van der Waals surface area contributed by atoms with Crippen LogP contribution in [0.3, 0.4) is 0 Å². The first-order chi connectivity index (χ1) is 27.0. The number of hydrogen-bond donors (Lipinski definition) is 5. The smallest absolute Gasteiger partial charge is 0.326 e. The molecular formula is C43H41ClN4O7S. The van der Waals surface area contributed by atoms with Gasteiger partial charge in [-0.05, 0) is 63.5 Å². The van der Waals surface area contributed by atoms with Gasteiger partial charge in [-0.2, -0.15) is 0 Å². The number of amides is 4. The molecule has 0 aliphatic carbocycles. The molecule has 5 atom stereocenters. The van der Waals surface area contributed by atoms with Crippen LogP contribution in [0.5, 0.6) is 5.75 Å². The molecule has 5 unspecified atom stereocenters. The van der Waals surface area contributed by atoms with E-state index in [9.17, 15) is 29.1 Å². The summed E-state index contributed by atoms with van der Waals surface area (Å²) >= 11 is 7.52. The summed E-state index contributed by atoms with van der Waals surface area (Å²) in [5.74, 6) is -4.10. The lowest BCUT2D eigenvalue weighted by molar-refractivity contribution is -0.142. The van der Waals surface area contributed by atoms with E-state index in [0.29, 0.717) is 21.9 Å². The quantitative estimate of drug-likeness (QED) is 0.133. The van der Waals surface area contributed by atoms with Gasteiger partial charge in [-0.25, -0.2) is 4.79 Å². The molecule has 2 aliphatic rings. The highest BCUT2D eigenvalue weighted by molar-refractivity contribution is 7.09. The lowest BCUT2D eigenvalue weighted by Crippen LogP contribution is -2.59. The minimum Gasteiger partial charge on any atom is -0.484 e. The number of carboxylic acids is 1. The highest BCUT2D eigenvalue weighted by atomic mass is 35.5. The zero-order valence-corrected chi connectivity index (χ0v) is 32.0. The number of rotatable bonds is 8. The van der Waals surface area contributed by atoms with E-state index in [1.54, 1.807) is 67.6 Å². The second kappa shape index (κ2) is 18.6. The summed E-state index contributed by atoms with van der Waals surface area (Å²) in [6, 6.07) is 29.3. The molecule has 2 aliphatic heterocycles. The fraction of sp³-hybridized carbons (Fsp3) is 0.233. The number of fused-ring (bicyclic) bond motifs is 16. The average molecular weight is 793 g/mol. The van der Waals surface area contributed by atoms with Gasteiger partial charge in [0.25, 0.3) is 5.91 Å². The third-order valence-corrected chi connectivity index (χ3v) is 10.7. The molecule has 11 nitrogen and oxygen atoms in total. The number of carbonyl (C=O) groups excluding carboxylic acids is 4. The third-order valence-electron chi connectivity index (χ3n) is 9.59. The Bertz CT molecular complexity index is 2130. The van der Waals surface area contributed by atoms with Crippen molar-refractivity contribution >= 4 is 52.5 Å². The van der Waals surface area contributed by atoms with Crippen LogP contribution in [0.25, 0.3) is 11.1 Å². The molecule has 0 spiro atoms. The Hall–Kier alpha value is -5.98. The Morgan fingerprint density at radius 3 is 2.04 bits per heavy atom. The predicted octanol–water partition coefficient (Wildman–Crippen LogP) is 5.32. The summed E-state index contributed by atoms with van der Waals surface area (Å²) < 4.78 is 5.70. The number of halogens is 1. The second-order valence-corrected chi connectivity index (χ2v) is 15.1. The standard InChI is InChI=1S/C43H41ClN4O7S/c1-26(29-11-13-30(14-12-29)31-15-17-32(44)18-16-31)39-42(52)46-35(22-27-6-3-2-4-7-27)40(50)47-37(43(53)54)23-28-9-19-33(20-10-28)55-25-38(49)45-36(41(51)48-39)24-34-8-5-21-56-34/h2-21,26,35-37,39H,22-25H2,1H3,(H,45,49)(H,46,52)(H,47,50)(H,48,51)(H,53,54). The first-order valence-corrected chi connectivity index (χ1v) is 19.4. The van der Waals surface area contributed by atoms with Crippen LogP contribution in [0, 0.1) is 0 Å². The van der Waals surface area contributed by atoms with Crippen molar-refractivity contribution in [2.24, 2.45) is 0 Å². The first kappa shape index (κ1) is 39.7. The predicted molar refractivity (Wildman–Crippen MR) is 214 cm³/mol. The Morgan fingerprint density at radius 1 is 0.750 bits per heavy atom. The monoisotopic (exact) mass is 792 g/mol. The van der Waals surface area contributed by atoms with Gasteiger partial charge in [0.15, 0.2) is 6.61 Å². The van der Waals surface area contributed by atoms with Crippen LogP contribution in [0.1, 0.15) is 34.4 Å². The summed E-state index contributed by atoms with van der Waals surface area (Å²) in [5, 5.41) is 23.7. The molecule has 56 heavy (non-hydrogen) atoms. The van der Waals surface area contributed by atoms with Gasteiger partial charge >= 0.3 is 5.97 Å². The number of ether oxygens (including phenoxy) is 1. The van der Waals surface area contributed by atoms with Crippen LogP contribution < -0.4 is 26.0 Å². The van der Waals surface area contributed by atoms with E-state index >= 15 is 0 Å². The van der Waals surface area contributed by atoms with E-state index in [1.807, 2.05) is 60.0 Å². The van der Waals surface area contributed by atoms with Crippen LogP contribution in [0.2, 0.25) is 5.02 Å². The van der Waals surface area contributed by atoms with Crippen LogP contribution >= 0.6 is 22.9 Å². The Kier molecular flexibility index (Phi) is 13.2. The van der Waals surface area contributed by atoms with Gasteiger partial charge in [-0.1, -0.05) is 103 Å². The number of carboxylic acid groups (broad SMARTS) is 1. The first-order valence-electron chi connectivity index (χ1n) is 18.1. The fourth-order valence-corrected chi connectivity index (χ4v) is 7.34. The summed E-state index contributed by atoms with van der Waals surface area (Å²) in [4.78, 5) is 69.2. The summed E-state index contributed by atoms with van der Waals surface area (Å²) in [5.41, 5.74) is 3.88. The molecule has 4 amide bonds. The van der Waals surface area contributed by atoms with Gasteiger partial charge in [0, 0.05) is 35.1 Å². The molecule has 0 fully saturated rings. The minimum atomic E-state index is -1.33. The van der Waals surface area contributed by atoms with Crippen molar-refractivity contribution < 1.29 is 33.8 Å². The largest absolute Gasteiger partial charge is 0.484 e.